The first-order chi connectivity index (χ1) is 12.4. The summed E-state index contributed by atoms with van der Waals surface area (Å²) in [6.07, 6.45) is 3.35. The number of benzene rings is 2. The van der Waals surface area contributed by atoms with E-state index in [1.165, 1.54) is 32.5 Å². The second-order valence-corrected chi connectivity index (χ2v) is 8.29. The Morgan fingerprint density at radius 3 is 2.72 bits per heavy atom. The van der Waals surface area contributed by atoms with Crippen LogP contribution in [0.3, 0.4) is 0 Å². The van der Waals surface area contributed by atoms with Crippen LogP contribution in [0.15, 0.2) is 58.8 Å². The molecule has 1 aromatic heterocycles. The van der Waals surface area contributed by atoms with Crippen LogP contribution in [0.25, 0.3) is 10.1 Å². The van der Waals surface area contributed by atoms with Gasteiger partial charge in [0.1, 0.15) is 0 Å². The van der Waals surface area contributed by atoms with Crippen LogP contribution in [-0.2, 0) is 0 Å². The third kappa shape index (κ3) is 3.63. The van der Waals surface area contributed by atoms with E-state index in [1.807, 2.05) is 11.3 Å². The lowest BCUT2D eigenvalue weighted by molar-refractivity contribution is 0.242. The first-order valence-corrected chi connectivity index (χ1v) is 11.0. The fourth-order valence-corrected chi connectivity index (χ4v) is 5.10. The second-order valence-electron chi connectivity index (χ2n) is 6.50. The van der Waals surface area contributed by atoms with Crippen LogP contribution in [0.5, 0.6) is 0 Å². The van der Waals surface area contributed by atoms with Gasteiger partial charge in [-0.1, -0.05) is 30.3 Å². The van der Waals surface area contributed by atoms with Crippen molar-refractivity contribution in [1.29, 1.82) is 0 Å². The lowest BCUT2D eigenvalue weighted by Crippen LogP contribution is -2.32. The number of nitrogens with one attached hydrogen (secondary N) is 1. The standard InChI is InChI=1S/C21H24N2S2/c1-24-17-9-7-16(8-10-17)21(23-13-4-11-22-12-14-23)19-15-25-20-6-3-2-5-18(19)20/h2-3,5-10,15,21-22H,4,11-14H2,1H3. The van der Waals surface area contributed by atoms with Crippen molar-refractivity contribution in [1.82, 2.24) is 10.2 Å². The molecule has 1 aliphatic rings. The molecule has 0 radical (unpaired) electrons. The van der Waals surface area contributed by atoms with E-state index in [-0.39, 0.29) is 0 Å². The van der Waals surface area contributed by atoms with Crippen molar-refractivity contribution < 1.29 is 0 Å². The predicted molar refractivity (Wildman–Crippen MR) is 111 cm³/mol. The Balaban J connectivity index is 1.79. The zero-order chi connectivity index (χ0) is 17.1. The number of hydrogen-bond acceptors (Lipinski definition) is 4. The van der Waals surface area contributed by atoms with Gasteiger partial charge in [-0.15, -0.1) is 23.1 Å². The summed E-state index contributed by atoms with van der Waals surface area (Å²) in [7, 11) is 0. The van der Waals surface area contributed by atoms with Gasteiger partial charge >= 0.3 is 0 Å². The minimum absolute atomic E-state index is 0.340. The molecule has 0 bridgehead atoms. The molecule has 1 unspecified atom stereocenters. The van der Waals surface area contributed by atoms with Crippen LogP contribution in [0, 0.1) is 0 Å². The Morgan fingerprint density at radius 2 is 1.88 bits per heavy atom. The van der Waals surface area contributed by atoms with Gasteiger partial charge in [0.25, 0.3) is 0 Å². The largest absolute Gasteiger partial charge is 0.315 e. The van der Waals surface area contributed by atoms with Crippen molar-refractivity contribution in [2.45, 2.75) is 17.4 Å². The van der Waals surface area contributed by atoms with Gasteiger partial charge in [0, 0.05) is 29.2 Å². The van der Waals surface area contributed by atoms with E-state index < -0.39 is 0 Å². The Kier molecular flexibility index (Phi) is 5.42. The fraction of sp³-hybridized carbons (Fsp3) is 0.333. The predicted octanol–water partition coefficient (Wildman–Crippen LogP) is 5.01. The Hall–Kier alpha value is -1.33. The van der Waals surface area contributed by atoms with Crippen LogP contribution >= 0.6 is 23.1 Å². The van der Waals surface area contributed by atoms with Crippen LogP contribution in [-0.4, -0.2) is 37.3 Å². The number of hydrogen-bond donors (Lipinski definition) is 1. The molecule has 130 valence electrons. The van der Waals surface area contributed by atoms with Crippen molar-refractivity contribution in [2.75, 3.05) is 32.4 Å². The maximum atomic E-state index is 3.54. The SMILES string of the molecule is CSc1ccc(C(c2csc3ccccc23)N2CCCNCC2)cc1. The third-order valence-corrected chi connectivity index (χ3v) is 6.70. The Bertz CT molecular complexity index is 817. The van der Waals surface area contributed by atoms with Crippen LogP contribution in [0.4, 0.5) is 0 Å². The Morgan fingerprint density at radius 1 is 1.04 bits per heavy atom. The van der Waals surface area contributed by atoms with Gasteiger partial charge in [-0.3, -0.25) is 4.90 Å². The first-order valence-electron chi connectivity index (χ1n) is 8.91. The van der Waals surface area contributed by atoms with Gasteiger partial charge in [0.05, 0.1) is 6.04 Å². The maximum Gasteiger partial charge on any atom is 0.0616 e. The highest BCUT2D eigenvalue weighted by Gasteiger charge is 2.25. The third-order valence-electron chi connectivity index (χ3n) is 4.98. The highest BCUT2D eigenvalue weighted by molar-refractivity contribution is 7.98. The molecule has 1 aliphatic heterocycles. The van der Waals surface area contributed by atoms with E-state index in [0.717, 1.165) is 26.2 Å². The number of thiophene rings is 1. The molecule has 25 heavy (non-hydrogen) atoms. The molecule has 2 aromatic carbocycles. The van der Waals surface area contributed by atoms with E-state index in [9.17, 15) is 0 Å². The number of nitrogens with zero attached hydrogens (tertiary/aromatic N) is 1. The number of fused-ring (bicyclic) bond motifs is 1. The average Bonchev–Trinajstić information content (AvgIpc) is 2.90. The normalized spacial score (nSPS) is 17.5. The molecule has 3 aromatic rings. The fourth-order valence-electron chi connectivity index (χ4n) is 3.71. The number of rotatable bonds is 4. The minimum atomic E-state index is 0.340. The van der Waals surface area contributed by atoms with E-state index in [2.05, 4.69) is 70.4 Å². The summed E-state index contributed by atoms with van der Waals surface area (Å²) in [5, 5.41) is 7.32. The van der Waals surface area contributed by atoms with E-state index in [1.54, 1.807) is 11.8 Å². The van der Waals surface area contributed by atoms with Crippen LogP contribution in [0.2, 0.25) is 0 Å². The van der Waals surface area contributed by atoms with Crippen molar-refractivity contribution >= 4 is 33.2 Å². The summed E-state index contributed by atoms with van der Waals surface area (Å²) in [4.78, 5) is 3.98. The van der Waals surface area contributed by atoms with Crippen molar-refractivity contribution in [3.05, 3.63) is 65.0 Å². The summed E-state index contributed by atoms with van der Waals surface area (Å²) in [5.41, 5.74) is 2.86. The lowest BCUT2D eigenvalue weighted by atomic mass is 9.96. The smallest absolute Gasteiger partial charge is 0.0616 e. The molecule has 1 N–H and O–H groups in total. The van der Waals surface area contributed by atoms with Gasteiger partial charge in [-0.2, -0.15) is 0 Å². The Labute approximate surface area is 158 Å². The molecule has 1 fully saturated rings. The molecular formula is C21H24N2S2. The second kappa shape index (κ2) is 7.92. The molecule has 0 amide bonds. The molecule has 1 saturated heterocycles. The average molecular weight is 369 g/mol. The molecule has 2 nitrogen and oxygen atoms in total. The monoisotopic (exact) mass is 368 g/mol. The van der Waals surface area contributed by atoms with Crippen molar-refractivity contribution in [3.8, 4) is 0 Å². The van der Waals surface area contributed by atoms with Gasteiger partial charge in [-0.25, -0.2) is 0 Å². The van der Waals surface area contributed by atoms with Crippen LogP contribution in [0.1, 0.15) is 23.6 Å². The maximum absolute atomic E-state index is 3.54. The van der Waals surface area contributed by atoms with E-state index >= 15 is 0 Å². The van der Waals surface area contributed by atoms with Gasteiger partial charge in [0.2, 0.25) is 0 Å². The zero-order valence-corrected chi connectivity index (χ0v) is 16.2. The van der Waals surface area contributed by atoms with E-state index in [4.69, 9.17) is 0 Å². The van der Waals surface area contributed by atoms with Crippen LogP contribution < -0.4 is 5.32 Å². The summed E-state index contributed by atoms with van der Waals surface area (Å²) < 4.78 is 1.39. The number of thioether (sulfide) groups is 1. The molecule has 0 spiro atoms. The molecule has 2 heterocycles. The zero-order valence-electron chi connectivity index (χ0n) is 14.6. The molecular weight excluding hydrogens is 344 g/mol. The first kappa shape index (κ1) is 17.1. The van der Waals surface area contributed by atoms with Crippen molar-refractivity contribution in [2.24, 2.45) is 0 Å². The minimum Gasteiger partial charge on any atom is -0.315 e. The summed E-state index contributed by atoms with van der Waals surface area (Å²) in [6, 6.07) is 18.3. The van der Waals surface area contributed by atoms with Gasteiger partial charge in [-0.05, 0) is 59.3 Å². The molecule has 0 aliphatic carbocycles. The molecule has 1 atom stereocenters. The molecule has 0 saturated carbocycles. The summed E-state index contributed by atoms with van der Waals surface area (Å²) in [6.45, 7) is 4.44. The van der Waals surface area contributed by atoms with E-state index in [0.29, 0.717) is 6.04 Å². The lowest BCUT2D eigenvalue weighted by Gasteiger charge is -2.31. The highest BCUT2D eigenvalue weighted by Crippen LogP contribution is 2.37. The quantitative estimate of drug-likeness (QED) is 0.652. The molecule has 4 rings (SSSR count). The topological polar surface area (TPSA) is 15.3 Å². The summed E-state index contributed by atoms with van der Waals surface area (Å²) in [5.74, 6) is 0. The van der Waals surface area contributed by atoms with Crippen molar-refractivity contribution in [3.63, 3.8) is 0 Å². The molecule has 4 heteroatoms. The summed E-state index contributed by atoms with van der Waals surface area (Å²) >= 11 is 3.67. The van der Waals surface area contributed by atoms with Gasteiger partial charge < -0.3 is 5.32 Å². The van der Waals surface area contributed by atoms with Gasteiger partial charge in [0.15, 0.2) is 0 Å². The highest BCUT2D eigenvalue weighted by atomic mass is 32.2.